The summed E-state index contributed by atoms with van der Waals surface area (Å²) in [6.07, 6.45) is 5.65. The number of rotatable bonds is 7. The van der Waals surface area contributed by atoms with Crippen LogP contribution < -0.4 is 10.1 Å². The largest absolute Gasteiger partial charge is 0.490 e. The summed E-state index contributed by atoms with van der Waals surface area (Å²) >= 11 is 1.60. The van der Waals surface area contributed by atoms with E-state index in [1.807, 2.05) is 49.2 Å². The van der Waals surface area contributed by atoms with E-state index < -0.39 is 0 Å². The van der Waals surface area contributed by atoms with Gasteiger partial charge in [-0.25, -0.2) is 9.78 Å². The number of thiazole rings is 1. The lowest BCUT2D eigenvalue weighted by atomic mass is 9.94. The van der Waals surface area contributed by atoms with Crippen molar-refractivity contribution in [2.75, 3.05) is 20.2 Å². The van der Waals surface area contributed by atoms with Gasteiger partial charge in [-0.15, -0.1) is 11.3 Å². The summed E-state index contributed by atoms with van der Waals surface area (Å²) < 4.78 is 10.5. The Balaban J connectivity index is 1.27. The van der Waals surface area contributed by atoms with Crippen molar-refractivity contribution in [3.63, 3.8) is 0 Å². The number of piperidine rings is 1. The topological polar surface area (TPSA) is 105 Å². The Labute approximate surface area is 238 Å². The van der Waals surface area contributed by atoms with Crippen molar-refractivity contribution < 1.29 is 19.1 Å². The van der Waals surface area contributed by atoms with E-state index in [1.165, 1.54) is 12.7 Å². The Bertz CT molecular complexity index is 1440. The molecule has 3 aromatic rings. The standard InChI is InChI=1S/C31H34N4O4S/c1-19(2)39-27-10-7-21(16-22(27)17-32)30-33-18-28(40-30)25-6-4-5-24-23(25)8-9-26(24)34-31(37)35-13-11-20(12-14-35)15-29(36)38-3/h4-7,10,16,18-20,26H,8-9,11-15H2,1-3H3,(H,34,37). The number of amides is 2. The highest BCUT2D eigenvalue weighted by Gasteiger charge is 2.30. The number of benzene rings is 2. The third-order valence-electron chi connectivity index (χ3n) is 7.63. The number of hydrogen-bond acceptors (Lipinski definition) is 7. The third kappa shape index (κ3) is 5.97. The van der Waals surface area contributed by atoms with E-state index in [4.69, 9.17) is 9.47 Å². The van der Waals surface area contributed by atoms with E-state index in [0.29, 0.717) is 30.8 Å². The van der Waals surface area contributed by atoms with Crippen LogP contribution in [0.2, 0.25) is 0 Å². The summed E-state index contributed by atoms with van der Waals surface area (Å²) in [7, 11) is 1.41. The molecule has 1 atom stereocenters. The van der Waals surface area contributed by atoms with Gasteiger partial charge in [0.15, 0.2) is 0 Å². The highest BCUT2D eigenvalue weighted by Crippen LogP contribution is 2.41. The lowest BCUT2D eigenvalue weighted by molar-refractivity contribution is -0.142. The van der Waals surface area contributed by atoms with Crippen LogP contribution in [0.4, 0.5) is 4.79 Å². The van der Waals surface area contributed by atoms with Gasteiger partial charge in [0, 0.05) is 31.3 Å². The number of likely N-dealkylation sites (tertiary alicyclic amines) is 1. The molecule has 208 valence electrons. The molecule has 2 aliphatic rings. The molecule has 0 saturated carbocycles. The third-order valence-corrected chi connectivity index (χ3v) is 8.71. The molecule has 2 heterocycles. The molecular formula is C31H34N4O4S. The summed E-state index contributed by atoms with van der Waals surface area (Å²) in [5, 5.41) is 13.7. The van der Waals surface area contributed by atoms with Crippen LogP contribution in [-0.4, -0.2) is 48.2 Å². The fraction of sp³-hybridized carbons (Fsp3) is 0.419. The van der Waals surface area contributed by atoms with Gasteiger partial charge < -0.3 is 19.7 Å². The Kier molecular flexibility index (Phi) is 8.36. The highest BCUT2D eigenvalue weighted by molar-refractivity contribution is 7.18. The molecule has 1 aromatic heterocycles. The van der Waals surface area contributed by atoms with Crippen molar-refractivity contribution in [2.45, 2.75) is 58.1 Å². The second-order valence-electron chi connectivity index (χ2n) is 10.6. The number of carbonyl (C=O) groups is 2. The van der Waals surface area contributed by atoms with Crippen LogP contribution in [-0.2, 0) is 16.0 Å². The van der Waals surface area contributed by atoms with Crippen molar-refractivity contribution in [1.29, 1.82) is 5.26 Å². The fourth-order valence-electron chi connectivity index (χ4n) is 5.57. The monoisotopic (exact) mass is 558 g/mol. The Morgan fingerprint density at radius 2 is 2.00 bits per heavy atom. The number of nitrogens with one attached hydrogen (secondary N) is 1. The van der Waals surface area contributed by atoms with Gasteiger partial charge in [0.1, 0.15) is 16.8 Å². The molecule has 1 aliphatic heterocycles. The van der Waals surface area contributed by atoms with E-state index in [9.17, 15) is 14.9 Å². The minimum atomic E-state index is -0.185. The molecule has 5 rings (SSSR count). The molecular weight excluding hydrogens is 524 g/mol. The zero-order valence-electron chi connectivity index (χ0n) is 23.1. The SMILES string of the molecule is COC(=O)CC1CCN(C(=O)NC2CCc3c(-c4cnc(-c5ccc(OC(C)C)c(C#N)c5)s4)cccc32)CC1. The van der Waals surface area contributed by atoms with E-state index in [2.05, 4.69) is 28.5 Å². The van der Waals surface area contributed by atoms with Gasteiger partial charge in [-0.2, -0.15) is 5.26 Å². The minimum Gasteiger partial charge on any atom is -0.490 e. The zero-order chi connectivity index (χ0) is 28.2. The van der Waals surface area contributed by atoms with Crippen LogP contribution in [0.1, 0.15) is 62.3 Å². The molecule has 0 spiro atoms. The zero-order valence-corrected chi connectivity index (χ0v) is 23.9. The molecule has 1 unspecified atom stereocenters. The predicted molar refractivity (Wildman–Crippen MR) is 154 cm³/mol. The predicted octanol–water partition coefficient (Wildman–Crippen LogP) is 6.11. The van der Waals surface area contributed by atoms with E-state index in [-0.39, 0.29) is 30.1 Å². The molecule has 1 saturated heterocycles. The van der Waals surface area contributed by atoms with Gasteiger partial charge >= 0.3 is 12.0 Å². The van der Waals surface area contributed by atoms with Crippen molar-refractivity contribution in [3.8, 4) is 32.8 Å². The summed E-state index contributed by atoms with van der Waals surface area (Å²) in [6.45, 7) is 5.17. The van der Waals surface area contributed by atoms with Gasteiger partial charge in [0.05, 0.1) is 29.7 Å². The normalized spacial score (nSPS) is 16.9. The molecule has 9 heteroatoms. The Hall–Kier alpha value is -3.90. The van der Waals surface area contributed by atoms with E-state index in [0.717, 1.165) is 52.3 Å². The van der Waals surface area contributed by atoms with Gasteiger partial charge in [-0.3, -0.25) is 4.79 Å². The Morgan fingerprint density at radius 3 is 2.73 bits per heavy atom. The minimum absolute atomic E-state index is 0.0107. The first-order valence-electron chi connectivity index (χ1n) is 13.8. The van der Waals surface area contributed by atoms with Crippen molar-refractivity contribution >= 4 is 23.3 Å². The Morgan fingerprint density at radius 1 is 1.20 bits per heavy atom. The number of carbonyl (C=O) groups excluding carboxylic acids is 2. The second-order valence-corrected chi connectivity index (χ2v) is 11.7. The summed E-state index contributed by atoms with van der Waals surface area (Å²) in [5.41, 5.74) is 4.93. The van der Waals surface area contributed by atoms with Gasteiger partial charge in [-0.1, -0.05) is 18.2 Å². The van der Waals surface area contributed by atoms with Crippen molar-refractivity contribution in [2.24, 2.45) is 5.92 Å². The molecule has 0 radical (unpaired) electrons. The molecule has 40 heavy (non-hydrogen) atoms. The van der Waals surface area contributed by atoms with Crippen molar-refractivity contribution in [3.05, 3.63) is 59.3 Å². The maximum Gasteiger partial charge on any atom is 0.317 e. The van der Waals surface area contributed by atoms with Gasteiger partial charge in [0.25, 0.3) is 0 Å². The molecule has 1 fully saturated rings. The van der Waals surface area contributed by atoms with E-state index in [1.54, 1.807) is 11.3 Å². The first-order valence-corrected chi connectivity index (χ1v) is 14.6. The molecule has 8 nitrogen and oxygen atoms in total. The van der Waals surface area contributed by atoms with Crippen LogP contribution in [0.3, 0.4) is 0 Å². The number of aromatic nitrogens is 1. The first-order chi connectivity index (χ1) is 19.4. The maximum absolute atomic E-state index is 13.1. The van der Waals surface area contributed by atoms with Crippen LogP contribution in [0.5, 0.6) is 5.75 Å². The molecule has 2 aromatic carbocycles. The number of esters is 1. The molecule has 1 N–H and O–H groups in total. The summed E-state index contributed by atoms with van der Waals surface area (Å²) in [4.78, 5) is 32.3. The van der Waals surface area contributed by atoms with Crippen LogP contribution >= 0.6 is 11.3 Å². The number of hydrogen-bond donors (Lipinski definition) is 1. The number of nitriles is 1. The highest BCUT2D eigenvalue weighted by atomic mass is 32.1. The quantitative estimate of drug-likeness (QED) is 0.351. The average Bonchev–Trinajstić information content (AvgIpc) is 3.61. The second kappa shape index (κ2) is 12.1. The lowest BCUT2D eigenvalue weighted by Gasteiger charge is -2.32. The maximum atomic E-state index is 13.1. The lowest BCUT2D eigenvalue weighted by Crippen LogP contribution is -2.45. The summed E-state index contributed by atoms with van der Waals surface area (Å²) in [6, 6.07) is 14.0. The number of urea groups is 1. The number of fused-ring (bicyclic) bond motifs is 1. The number of ether oxygens (including phenoxy) is 2. The van der Waals surface area contributed by atoms with Crippen molar-refractivity contribution in [1.82, 2.24) is 15.2 Å². The first kappa shape index (κ1) is 27.7. The van der Waals surface area contributed by atoms with Gasteiger partial charge in [-0.05, 0) is 80.3 Å². The van der Waals surface area contributed by atoms with E-state index >= 15 is 0 Å². The average molecular weight is 559 g/mol. The number of nitrogens with zero attached hydrogens (tertiary/aromatic N) is 3. The van der Waals surface area contributed by atoms with Crippen LogP contribution in [0.25, 0.3) is 21.0 Å². The fourth-order valence-corrected chi connectivity index (χ4v) is 6.54. The molecule has 1 aliphatic carbocycles. The summed E-state index contributed by atoms with van der Waals surface area (Å²) in [5.74, 6) is 0.668. The van der Waals surface area contributed by atoms with Crippen LogP contribution in [0, 0.1) is 17.2 Å². The van der Waals surface area contributed by atoms with Gasteiger partial charge in [0.2, 0.25) is 0 Å². The molecule has 2 amide bonds. The van der Waals surface area contributed by atoms with Crippen LogP contribution in [0.15, 0.2) is 42.6 Å². The number of methoxy groups -OCH3 is 1. The smallest absolute Gasteiger partial charge is 0.317 e. The molecule has 0 bridgehead atoms.